The van der Waals surface area contributed by atoms with E-state index in [-0.39, 0.29) is 33.8 Å². The maximum atomic E-state index is 2.63. The van der Waals surface area contributed by atoms with Crippen LogP contribution in [-0.4, -0.2) is 15.8 Å². The SMILES string of the molecule is CC(C)(C)c1cc2c3c(c1)N(c1ccc(-c4ccccc4-c4ccccc4)cc1)c1cc(-n4c5cc(C(C)(C)C)ccc5c5ccc(C(C)(C)C)cc54)ccc1B3c1ccc(-n3c4cc(C(C)(C)C)ccc4c4ccc(C(C)(C)C)cc43)cc1N2c1ccc(-c2ccccc2-c2ccccc2)cc1. The molecule has 0 amide bonds. The van der Waals surface area contributed by atoms with E-state index in [2.05, 4.69) is 402 Å². The molecule has 5 heteroatoms. The Balaban J connectivity index is 0.959. The molecular formula is C98H91BN4. The first-order valence-electron chi connectivity index (χ1n) is 37.0. The van der Waals surface area contributed by atoms with Crippen LogP contribution in [0, 0.1) is 0 Å². The molecule has 13 aromatic carbocycles. The first kappa shape index (κ1) is 65.4. The largest absolute Gasteiger partial charge is 0.311 e. The Labute approximate surface area is 609 Å². The average Bonchev–Trinajstić information content (AvgIpc) is 0.725. The lowest BCUT2D eigenvalue weighted by Crippen LogP contribution is -2.61. The van der Waals surface area contributed by atoms with E-state index in [1.54, 1.807) is 0 Å². The smallest absolute Gasteiger partial charge is 0.252 e. The number of hydrogen-bond acceptors (Lipinski definition) is 2. The van der Waals surface area contributed by atoms with Crippen LogP contribution in [0.25, 0.3) is 99.5 Å². The van der Waals surface area contributed by atoms with Gasteiger partial charge >= 0.3 is 0 Å². The minimum absolute atomic E-state index is 0.0666. The summed E-state index contributed by atoms with van der Waals surface area (Å²) in [5, 5.41) is 5.03. The topological polar surface area (TPSA) is 16.3 Å². The van der Waals surface area contributed by atoms with E-state index < -0.39 is 0 Å². The molecule has 0 fully saturated rings. The van der Waals surface area contributed by atoms with Crippen LogP contribution in [0.4, 0.5) is 34.1 Å². The number of aromatic nitrogens is 2. The summed E-state index contributed by atoms with van der Waals surface area (Å²) < 4.78 is 5.16. The first-order chi connectivity index (χ1) is 49.2. The van der Waals surface area contributed by atoms with Crippen LogP contribution in [0.1, 0.15) is 132 Å². The lowest BCUT2D eigenvalue weighted by Gasteiger charge is -2.45. The predicted octanol–water partition coefficient (Wildman–Crippen LogP) is 25.1. The summed E-state index contributed by atoms with van der Waals surface area (Å²) in [6.45, 7) is 35.0. The van der Waals surface area contributed by atoms with Gasteiger partial charge in [0.1, 0.15) is 0 Å². The summed E-state index contributed by atoms with van der Waals surface area (Å²) in [6.07, 6.45) is 0. The molecule has 0 saturated carbocycles. The van der Waals surface area contributed by atoms with Gasteiger partial charge in [-0.1, -0.05) is 298 Å². The highest BCUT2D eigenvalue weighted by atomic mass is 15.2. The van der Waals surface area contributed by atoms with Gasteiger partial charge in [0.25, 0.3) is 6.71 Å². The minimum atomic E-state index is -0.254. The highest BCUT2D eigenvalue weighted by Crippen LogP contribution is 2.50. The van der Waals surface area contributed by atoms with E-state index in [1.807, 2.05) is 0 Å². The first-order valence-corrected chi connectivity index (χ1v) is 37.0. The monoisotopic (exact) mass is 1330 g/mol. The van der Waals surface area contributed by atoms with Crippen molar-refractivity contribution >= 4 is 101 Å². The maximum absolute atomic E-state index is 2.63. The highest BCUT2D eigenvalue weighted by molar-refractivity contribution is 7.00. The number of fused-ring (bicyclic) bond motifs is 10. The van der Waals surface area contributed by atoms with Crippen molar-refractivity contribution in [1.29, 1.82) is 0 Å². The zero-order chi connectivity index (χ0) is 71.4. The fourth-order valence-electron chi connectivity index (χ4n) is 16.5. The molecule has 0 atom stereocenters. The van der Waals surface area contributed by atoms with Gasteiger partial charge in [-0.15, -0.1) is 0 Å². The second kappa shape index (κ2) is 23.9. The van der Waals surface area contributed by atoms with Crippen molar-refractivity contribution in [3.05, 3.63) is 307 Å². The van der Waals surface area contributed by atoms with Gasteiger partial charge in [0, 0.05) is 67.0 Å². The number of benzene rings is 13. The molecule has 17 rings (SSSR count). The van der Waals surface area contributed by atoms with Gasteiger partial charge in [-0.05, 0) is 201 Å². The van der Waals surface area contributed by atoms with E-state index in [0.29, 0.717) is 0 Å². The van der Waals surface area contributed by atoms with Gasteiger partial charge in [0.15, 0.2) is 0 Å². The molecule has 0 spiro atoms. The second-order valence-electron chi connectivity index (χ2n) is 34.3. The number of hydrogen-bond donors (Lipinski definition) is 0. The second-order valence-corrected chi connectivity index (χ2v) is 34.3. The Morgan fingerprint density at radius 3 is 0.786 bits per heavy atom. The molecule has 506 valence electrons. The molecule has 103 heavy (non-hydrogen) atoms. The van der Waals surface area contributed by atoms with Crippen molar-refractivity contribution in [2.24, 2.45) is 0 Å². The van der Waals surface area contributed by atoms with Gasteiger partial charge in [0.2, 0.25) is 0 Å². The lowest BCUT2D eigenvalue weighted by atomic mass is 9.33. The summed E-state index contributed by atoms with van der Waals surface area (Å²) in [4.78, 5) is 5.26. The highest BCUT2D eigenvalue weighted by Gasteiger charge is 2.45. The molecule has 0 N–H and O–H groups in total. The van der Waals surface area contributed by atoms with E-state index in [1.165, 1.54) is 144 Å². The number of anilines is 6. The molecular weight excluding hydrogens is 1240 g/mol. The number of rotatable bonds is 8. The Hall–Kier alpha value is -10.9. The third-order valence-electron chi connectivity index (χ3n) is 22.3. The molecule has 0 bridgehead atoms. The van der Waals surface area contributed by atoms with Crippen molar-refractivity contribution in [3.8, 4) is 55.9 Å². The van der Waals surface area contributed by atoms with Gasteiger partial charge in [-0.2, -0.15) is 0 Å². The van der Waals surface area contributed by atoms with Gasteiger partial charge < -0.3 is 18.9 Å². The quantitative estimate of drug-likeness (QED) is 0.141. The fraction of sp³-hybridized carbons (Fsp3) is 0.204. The lowest BCUT2D eigenvalue weighted by molar-refractivity contribution is 0.590. The molecule has 2 aromatic heterocycles. The number of nitrogens with zero attached hydrogens (tertiary/aromatic N) is 4. The van der Waals surface area contributed by atoms with E-state index in [0.717, 1.165) is 34.1 Å². The molecule has 0 radical (unpaired) electrons. The van der Waals surface area contributed by atoms with Crippen LogP contribution in [0.15, 0.2) is 279 Å². The summed E-state index contributed by atoms with van der Waals surface area (Å²) in [5.41, 5.74) is 33.4. The third-order valence-corrected chi connectivity index (χ3v) is 22.3. The summed E-state index contributed by atoms with van der Waals surface area (Å²) in [7, 11) is 0. The summed E-state index contributed by atoms with van der Waals surface area (Å²) in [6, 6.07) is 107. The van der Waals surface area contributed by atoms with Crippen LogP contribution in [0.3, 0.4) is 0 Å². The van der Waals surface area contributed by atoms with Crippen LogP contribution in [0.2, 0.25) is 0 Å². The van der Waals surface area contributed by atoms with Gasteiger partial charge in [-0.25, -0.2) is 0 Å². The summed E-state index contributed by atoms with van der Waals surface area (Å²) >= 11 is 0. The molecule has 2 aliphatic heterocycles. The van der Waals surface area contributed by atoms with Crippen LogP contribution in [0.5, 0.6) is 0 Å². The van der Waals surface area contributed by atoms with Crippen molar-refractivity contribution in [1.82, 2.24) is 9.13 Å². The van der Waals surface area contributed by atoms with Crippen molar-refractivity contribution in [2.45, 2.75) is 131 Å². The summed E-state index contributed by atoms with van der Waals surface area (Å²) in [5.74, 6) is 0. The van der Waals surface area contributed by atoms with Gasteiger partial charge in [0.05, 0.1) is 22.1 Å². The van der Waals surface area contributed by atoms with Crippen molar-refractivity contribution in [2.75, 3.05) is 9.80 Å². The Kier molecular flexibility index (Phi) is 15.2. The molecule has 0 saturated heterocycles. The fourth-order valence-corrected chi connectivity index (χ4v) is 16.5. The van der Waals surface area contributed by atoms with Crippen LogP contribution < -0.4 is 26.2 Å². The molecule has 2 aliphatic rings. The van der Waals surface area contributed by atoms with Gasteiger partial charge in [-0.3, -0.25) is 0 Å². The molecule has 4 nitrogen and oxygen atoms in total. The van der Waals surface area contributed by atoms with E-state index in [4.69, 9.17) is 0 Å². The Morgan fingerprint density at radius 1 is 0.223 bits per heavy atom. The van der Waals surface area contributed by atoms with Crippen molar-refractivity contribution in [3.63, 3.8) is 0 Å². The maximum Gasteiger partial charge on any atom is 0.252 e. The minimum Gasteiger partial charge on any atom is -0.311 e. The predicted molar refractivity (Wildman–Crippen MR) is 444 cm³/mol. The molecule has 4 heterocycles. The molecule has 0 unspecified atom stereocenters. The third kappa shape index (κ3) is 11.1. The normalized spacial score (nSPS) is 13.3. The molecule has 0 aliphatic carbocycles. The Bertz CT molecular complexity index is 5380. The Morgan fingerprint density at radius 2 is 0.495 bits per heavy atom. The van der Waals surface area contributed by atoms with E-state index in [9.17, 15) is 0 Å². The van der Waals surface area contributed by atoms with Crippen LogP contribution in [-0.2, 0) is 27.1 Å². The molecule has 15 aromatic rings. The van der Waals surface area contributed by atoms with E-state index >= 15 is 0 Å². The van der Waals surface area contributed by atoms with Crippen molar-refractivity contribution < 1.29 is 0 Å². The average molecular weight is 1340 g/mol. The standard InChI is InChI=1S/C98H91BN4/c1-94(2,3)66-38-48-79-80-49-39-67(95(4,5)6)55-86(80)102(85(79)54-66)73-46-52-83-89(60-73)100(71-42-34-64(35-43-71)77-32-24-22-30-75(77)62-26-18-16-19-27-62)91-58-70(98(13,14)15)59-92-93(91)99(83)84-53-47-74(103-87-56-68(96(7,8)9)40-50-81(87)82-51-41-69(57-88(82)103)97(10,11)12)61-90(84)101(92)72-44-36-65(37-45-72)78-33-25-23-31-76(78)63-28-20-17-21-29-63/h16-61H,1-15H3. The van der Waals surface area contributed by atoms with Crippen LogP contribution >= 0.6 is 0 Å². The zero-order valence-electron chi connectivity index (χ0n) is 62.4. The zero-order valence-corrected chi connectivity index (χ0v) is 62.4.